The predicted octanol–water partition coefficient (Wildman–Crippen LogP) is -1.05. The topological polar surface area (TPSA) is 61.9 Å². The maximum absolute atomic E-state index is 11.6. The van der Waals surface area contributed by atoms with Gasteiger partial charge in [-0.25, -0.2) is 0 Å². The Morgan fingerprint density at radius 1 is 1.24 bits per heavy atom. The lowest BCUT2D eigenvalue weighted by atomic mass is 10.3. The molecule has 2 heterocycles. The van der Waals surface area contributed by atoms with Gasteiger partial charge in [-0.1, -0.05) is 0 Å². The molecule has 2 amide bonds. The average molecular weight is 257 g/mol. The maximum atomic E-state index is 11.6. The van der Waals surface area contributed by atoms with Gasteiger partial charge in [0.05, 0.1) is 13.2 Å². The maximum Gasteiger partial charge on any atom is 0.238 e. The van der Waals surface area contributed by atoms with Crippen molar-refractivity contribution in [3.63, 3.8) is 0 Å². The summed E-state index contributed by atoms with van der Waals surface area (Å²) in [6, 6.07) is 0. The quantitative estimate of drug-likeness (QED) is 0.516. The molecule has 0 spiro atoms. The smallest absolute Gasteiger partial charge is 0.238 e. The number of amides is 2. The lowest BCUT2D eigenvalue weighted by Gasteiger charge is -2.31. The Labute approximate surface area is 105 Å². The highest BCUT2D eigenvalue weighted by atomic mass is 32.1. The average Bonchev–Trinajstić information content (AvgIpc) is 2.29. The van der Waals surface area contributed by atoms with Gasteiger partial charge in [-0.05, 0) is 12.2 Å². The molecule has 0 aliphatic carbocycles. The zero-order valence-corrected chi connectivity index (χ0v) is 10.3. The van der Waals surface area contributed by atoms with Crippen LogP contribution in [0.4, 0.5) is 0 Å². The molecule has 0 aromatic carbocycles. The Hall–Kier alpha value is -1.05. The Kier molecular flexibility index (Phi) is 4.03. The van der Waals surface area contributed by atoms with Crippen LogP contribution < -0.4 is 5.32 Å². The van der Waals surface area contributed by atoms with Crippen LogP contribution in [0.15, 0.2) is 0 Å². The van der Waals surface area contributed by atoms with Crippen molar-refractivity contribution < 1.29 is 14.3 Å². The molecule has 17 heavy (non-hydrogen) atoms. The monoisotopic (exact) mass is 257 g/mol. The summed E-state index contributed by atoms with van der Waals surface area (Å²) in [5.41, 5.74) is 0. The number of hydrogen-bond donors (Lipinski definition) is 1. The molecule has 0 aromatic heterocycles. The number of rotatable bonds is 3. The second-order valence-corrected chi connectivity index (χ2v) is 4.42. The minimum atomic E-state index is -0.317. The Morgan fingerprint density at radius 3 is 2.59 bits per heavy atom. The van der Waals surface area contributed by atoms with Crippen LogP contribution in [0, 0.1) is 0 Å². The number of nitrogens with zero attached hydrogens (tertiary/aromatic N) is 2. The van der Waals surface area contributed by atoms with Crippen LogP contribution >= 0.6 is 12.2 Å². The van der Waals surface area contributed by atoms with E-state index in [0.29, 0.717) is 6.54 Å². The Bertz CT molecular complexity index is 322. The highest BCUT2D eigenvalue weighted by Gasteiger charge is 2.28. The number of hydrogen-bond acceptors (Lipinski definition) is 5. The van der Waals surface area contributed by atoms with Crippen molar-refractivity contribution in [1.29, 1.82) is 0 Å². The van der Waals surface area contributed by atoms with E-state index in [1.165, 1.54) is 4.90 Å². The number of ether oxygens (including phenoxy) is 1. The van der Waals surface area contributed by atoms with Crippen molar-refractivity contribution in [1.82, 2.24) is 15.1 Å². The van der Waals surface area contributed by atoms with E-state index in [1.54, 1.807) is 0 Å². The van der Waals surface area contributed by atoms with Crippen LogP contribution in [0.3, 0.4) is 0 Å². The van der Waals surface area contributed by atoms with E-state index in [2.05, 4.69) is 10.2 Å². The molecule has 1 N–H and O–H groups in total. The summed E-state index contributed by atoms with van der Waals surface area (Å²) in [6.45, 7) is 4.50. The van der Waals surface area contributed by atoms with Gasteiger partial charge in [0.15, 0.2) is 5.11 Å². The van der Waals surface area contributed by atoms with Crippen LogP contribution in [0.2, 0.25) is 0 Å². The second-order valence-electron chi connectivity index (χ2n) is 4.03. The normalized spacial score (nSPS) is 22.8. The zero-order chi connectivity index (χ0) is 12.3. The third-order valence-corrected chi connectivity index (χ3v) is 3.17. The minimum absolute atomic E-state index is 0.108. The van der Waals surface area contributed by atoms with Crippen molar-refractivity contribution in [3.05, 3.63) is 0 Å². The SMILES string of the molecule is O=C1CC(=O)N(CCN2CCOCC2)C(=S)N1. The number of carbonyl (C=O) groups excluding carboxylic acids is 2. The van der Waals surface area contributed by atoms with Gasteiger partial charge >= 0.3 is 0 Å². The van der Waals surface area contributed by atoms with Crippen LogP contribution in [0.25, 0.3) is 0 Å². The highest BCUT2D eigenvalue weighted by molar-refractivity contribution is 7.80. The van der Waals surface area contributed by atoms with Crippen LogP contribution in [-0.2, 0) is 14.3 Å². The second kappa shape index (κ2) is 5.52. The number of thiocarbonyl (C=S) groups is 1. The molecule has 0 bridgehead atoms. The van der Waals surface area contributed by atoms with E-state index < -0.39 is 0 Å². The van der Waals surface area contributed by atoms with Gasteiger partial charge in [-0.3, -0.25) is 19.4 Å². The fourth-order valence-electron chi connectivity index (χ4n) is 1.87. The van der Waals surface area contributed by atoms with Crippen LogP contribution in [0.1, 0.15) is 6.42 Å². The van der Waals surface area contributed by atoms with E-state index >= 15 is 0 Å². The first kappa shape index (κ1) is 12.4. The third kappa shape index (κ3) is 3.21. The summed E-state index contributed by atoms with van der Waals surface area (Å²) in [7, 11) is 0. The molecular formula is C10H15N3O3S. The molecule has 94 valence electrons. The molecule has 0 radical (unpaired) electrons. The fraction of sp³-hybridized carbons (Fsp3) is 0.700. The first-order valence-electron chi connectivity index (χ1n) is 5.61. The summed E-state index contributed by atoms with van der Waals surface area (Å²) in [6.07, 6.45) is -0.108. The Balaban J connectivity index is 1.83. The number of carbonyl (C=O) groups is 2. The van der Waals surface area contributed by atoms with Gasteiger partial charge in [0, 0.05) is 26.2 Å². The molecule has 2 rings (SSSR count). The third-order valence-electron chi connectivity index (χ3n) is 2.85. The summed E-state index contributed by atoms with van der Waals surface area (Å²) < 4.78 is 5.24. The van der Waals surface area contributed by atoms with Gasteiger partial charge in [0.2, 0.25) is 11.8 Å². The molecule has 0 saturated carbocycles. The molecule has 0 unspecified atom stereocenters. The first-order chi connectivity index (χ1) is 8.16. The molecule has 7 heteroatoms. The van der Waals surface area contributed by atoms with E-state index in [0.717, 1.165) is 32.8 Å². The van der Waals surface area contributed by atoms with Gasteiger partial charge in [-0.2, -0.15) is 0 Å². The molecule has 6 nitrogen and oxygen atoms in total. The largest absolute Gasteiger partial charge is 0.379 e. The minimum Gasteiger partial charge on any atom is -0.379 e. The molecule has 2 saturated heterocycles. The van der Waals surface area contributed by atoms with Crippen LogP contribution in [-0.4, -0.2) is 66.1 Å². The van der Waals surface area contributed by atoms with Crippen molar-refractivity contribution in [3.8, 4) is 0 Å². The number of morpholine rings is 1. The lowest BCUT2D eigenvalue weighted by Crippen LogP contribution is -2.54. The van der Waals surface area contributed by atoms with Crippen LogP contribution in [0.5, 0.6) is 0 Å². The predicted molar refractivity (Wildman–Crippen MR) is 64.3 cm³/mol. The fourth-order valence-corrected chi connectivity index (χ4v) is 2.18. The van der Waals surface area contributed by atoms with Gasteiger partial charge in [0.1, 0.15) is 6.42 Å². The van der Waals surface area contributed by atoms with E-state index in [-0.39, 0.29) is 23.3 Å². The molecule has 2 fully saturated rings. The van der Waals surface area contributed by atoms with Crippen molar-refractivity contribution in [2.45, 2.75) is 6.42 Å². The molecule has 2 aliphatic rings. The molecular weight excluding hydrogens is 242 g/mol. The van der Waals surface area contributed by atoms with Gasteiger partial charge in [-0.15, -0.1) is 0 Å². The molecule has 2 aliphatic heterocycles. The van der Waals surface area contributed by atoms with E-state index in [1.807, 2.05) is 0 Å². The number of nitrogens with one attached hydrogen (secondary N) is 1. The highest BCUT2D eigenvalue weighted by Crippen LogP contribution is 2.04. The summed E-state index contributed by atoms with van der Waals surface area (Å²) >= 11 is 4.98. The van der Waals surface area contributed by atoms with Gasteiger partial charge < -0.3 is 10.1 Å². The van der Waals surface area contributed by atoms with Crippen molar-refractivity contribution >= 4 is 29.1 Å². The van der Waals surface area contributed by atoms with E-state index in [9.17, 15) is 9.59 Å². The Morgan fingerprint density at radius 2 is 1.94 bits per heavy atom. The molecule has 0 aromatic rings. The summed E-state index contributed by atoms with van der Waals surface area (Å²) in [5.74, 6) is -0.533. The van der Waals surface area contributed by atoms with Gasteiger partial charge in [0.25, 0.3) is 0 Å². The molecule has 0 atom stereocenters. The summed E-state index contributed by atoms with van der Waals surface area (Å²) in [5, 5.41) is 2.72. The zero-order valence-electron chi connectivity index (χ0n) is 9.48. The lowest BCUT2D eigenvalue weighted by molar-refractivity contribution is -0.135. The van der Waals surface area contributed by atoms with Crippen molar-refractivity contribution in [2.24, 2.45) is 0 Å². The first-order valence-corrected chi connectivity index (χ1v) is 6.02. The van der Waals surface area contributed by atoms with E-state index in [4.69, 9.17) is 17.0 Å². The summed E-state index contributed by atoms with van der Waals surface area (Å²) in [4.78, 5) is 26.4. The van der Waals surface area contributed by atoms with Crippen molar-refractivity contribution in [2.75, 3.05) is 39.4 Å². The standard InChI is InChI=1S/C10H15N3O3S/c14-8-7-9(15)13(10(17)11-8)2-1-12-3-5-16-6-4-12/h1-7H2,(H,11,14,17).